The first-order valence-corrected chi connectivity index (χ1v) is 9.77. The van der Waals surface area contributed by atoms with Crippen LogP contribution < -0.4 is 10.6 Å². The van der Waals surface area contributed by atoms with Crippen LogP contribution in [0.4, 0.5) is 4.39 Å². The summed E-state index contributed by atoms with van der Waals surface area (Å²) in [6.45, 7) is 4.27. The third kappa shape index (κ3) is 3.09. The highest BCUT2D eigenvalue weighted by atomic mass is 19.1. The van der Waals surface area contributed by atoms with Gasteiger partial charge in [-0.05, 0) is 43.7 Å². The molecule has 1 aliphatic carbocycles. The summed E-state index contributed by atoms with van der Waals surface area (Å²) in [4.78, 5) is 26.0. The number of nitrogens with one attached hydrogen (secondary N) is 2. The Morgan fingerprint density at radius 2 is 2.10 bits per heavy atom. The van der Waals surface area contributed by atoms with E-state index in [9.17, 15) is 14.0 Å². The normalized spacial score (nSPS) is 27.2. The summed E-state index contributed by atoms with van der Waals surface area (Å²) in [6.07, 6.45) is 9.54. The molecule has 1 spiro atoms. The van der Waals surface area contributed by atoms with Crippen LogP contribution in [0.2, 0.25) is 0 Å². The Hall–Kier alpha value is -3.15. The molecule has 0 radical (unpaired) electrons. The summed E-state index contributed by atoms with van der Waals surface area (Å²) in [6, 6.07) is 5.87. The molecule has 1 fully saturated rings. The van der Waals surface area contributed by atoms with Crippen molar-refractivity contribution in [2.24, 2.45) is 11.3 Å². The van der Waals surface area contributed by atoms with Crippen molar-refractivity contribution in [3.8, 4) is 0 Å². The number of carbonyl (C=O) groups excluding carboxylic acids is 2. The van der Waals surface area contributed by atoms with Gasteiger partial charge in [0, 0.05) is 18.3 Å². The maximum atomic E-state index is 14.4. The summed E-state index contributed by atoms with van der Waals surface area (Å²) in [7, 11) is 0. The van der Waals surface area contributed by atoms with Gasteiger partial charge in [0.2, 0.25) is 0 Å². The van der Waals surface area contributed by atoms with Crippen molar-refractivity contribution in [2.45, 2.75) is 19.9 Å². The van der Waals surface area contributed by atoms with Crippen LogP contribution in [0, 0.1) is 17.2 Å². The van der Waals surface area contributed by atoms with Crippen LogP contribution in [0.3, 0.4) is 0 Å². The van der Waals surface area contributed by atoms with E-state index in [1.807, 2.05) is 31.2 Å². The molecule has 0 saturated carbocycles. The Labute approximate surface area is 169 Å². The fourth-order valence-electron chi connectivity index (χ4n) is 4.40. The number of ether oxygens (including phenoxy) is 1. The maximum Gasteiger partial charge on any atom is 0.354 e. The van der Waals surface area contributed by atoms with E-state index in [1.54, 1.807) is 25.1 Å². The molecule has 4 rings (SSSR count). The Morgan fingerprint density at radius 1 is 1.31 bits per heavy atom. The zero-order valence-electron chi connectivity index (χ0n) is 16.4. The lowest BCUT2D eigenvalue weighted by molar-refractivity contribution is -0.139. The molecule has 0 aromatic heterocycles. The second kappa shape index (κ2) is 7.35. The van der Waals surface area contributed by atoms with Gasteiger partial charge in [0.25, 0.3) is 0 Å². The molecule has 2 N–H and O–H groups in total. The third-order valence-corrected chi connectivity index (χ3v) is 5.64. The van der Waals surface area contributed by atoms with E-state index in [2.05, 4.69) is 10.6 Å². The highest BCUT2D eigenvalue weighted by molar-refractivity contribution is 6.00. The number of carbonyl (C=O) groups is 2. The van der Waals surface area contributed by atoms with Crippen LogP contribution in [0.15, 0.2) is 71.6 Å². The van der Waals surface area contributed by atoms with Gasteiger partial charge in [-0.25, -0.2) is 9.18 Å². The monoisotopic (exact) mass is 394 g/mol. The molecule has 1 saturated heterocycles. The molecule has 3 atom stereocenters. The first-order chi connectivity index (χ1) is 14.0. The van der Waals surface area contributed by atoms with Gasteiger partial charge in [-0.1, -0.05) is 30.4 Å². The SMILES string of the molecule is CCOC(=O)C1=CC23C(=CC(C)N1)C=CC=C2NCC3C(=O)c1ccccc1F. The fourth-order valence-corrected chi connectivity index (χ4v) is 4.40. The number of hydrogen-bond acceptors (Lipinski definition) is 5. The predicted octanol–water partition coefficient (Wildman–Crippen LogP) is 3.03. The topological polar surface area (TPSA) is 67.4 Å². The lowest BCUT2D eigenvalue weighted by Gasteiger charge is -2.35. The minimum Gasteiger partial charge on any atom is -0.461 e. The van der Waals surface area contributed by atoms with Crippen molar-refractivity contribution in [1.82, 2.24) is 10.6 Å². The zero-order chi connectivity index (χ0) is 20.6. The van der Waals surface area contributed by atoms with Crippen molar-refractivity contribution >= 4 is 11.8 Å². The highest BCUT2D eigenvalue weighted by Crippen LogP contribution is 2.51. The lowest BCUT2D eigenvalue weighted by atomic mass is 9.65. The number of benzene rings is 1. The van der Waals surface area contributed by atoms with Gasteiger partial charge in [0.15, 0.2) is 5.78 Å². The Bertz CT molecular complexity index is 992. The zero-order valence-corrected chi connectivity index (χ0v) is 16.4. The highest BCUT2D eigenvalue weighted by Gasteiger charge is 2.53. The van der Waals surface area contributed by atoms with Crippen molar-refractivity contribution in [3.05, 3.63) is 83.0 Å². The summed E-state index contributed by atoms with van der Waals surface area (Å²) < 4.78 is 19.6. The fraction of sp³-hybridized carbons (Fsp3) is 0.304. The number of Topliss-reactive ketones (excluding diaryl/α,β-unsaturated/α-hetero) is 1. The average molecular weight is 394 g/mol. The molecule has 2 aliphatic heterocycles. The number of esters is 1. The van der Waals surface area contributed by atoms with Crippen LogP contribution in [0.25, 0.3) is 0 Å². The van der Waals surface area contributed by atoms with Crippen LogP contribution >= 0.6 is 0 Å². The maximum absolute atomic E-state index is 14.4. The quantitative estimate of drug-likeness (QED) is 0.607. The number of ketones is 1. The summed E-state index contributed by atoms with van der Waals surface area (Å²) in [5, 5.41) is 6.48. The van der Waals surface area contributed by atoms with Gasteiger partial charge >= 0.3 is 5.97 Å². The Morgan fingerprint density at radius 3 is 2.86 bits per heavy atom. The van der Waals surface area contributed by atoms with Gasteiger partial charge in [-0.3, -0.25) is 4.79 Å². The molecule has 2 heterocycles. The summed E-state index contributed by atoms with van der Waals surface area (Å²) >= 11 is 0. The standard InChI is InChI=1S/C23H23FN2O3/c1-3-29-22(28)19-12-23-15(11-14(2)26-19)7-6-10-20(23)25-13-17(23)21(27)16-8-4-5-9-18(16)24/h4-12,14,17,25-26H,3,13H2,1-2H3. The number of halogens is 1. The van der Waals surface area contributed by atoms with Gasteiger partial charge < -0.3 is 15.4 Å². The van der Waals surface area contributed by atoms with E-state index in [1.165, 1.54) is 12.1 Å². The van der Waals surface area contributed by atoms with Gasteiger partial charge in [0.05, 0.1) is 23.5 Å². The summed E-state index contributed by atoms with van der Waals surface area (Å²) in [5.74, 6) is -1.91. The number of hydrogen-bond donors (Lipinski definition) is 2. The van der Waals surface area contributed by atoms with E-state index in [4.69, 9.17) is 4.74 Å². The minimum absolute atomic E-state index is 0.0557. The first-order valence-electron chi connectivity index (χ1n) is 9.77. The van der Waals surface area contributed by atoms with Gasteiger partial charge in [0.1, 0.15) is 11.5 Å². The van der Waals surface area contributed by atoms with E-state index >= 15 is 0 Å². The van der Waals surface area contributed by atoms with Crippen LogP contribution in [0.5, 0.6) is 0 Å². The van der Waals surface area contributed by atoms with E-state index in [-0.39, 0.29) is 24.0 Å². The number of allylic oxidation sites excluding steroid dienone is 4. The van der Waals surface area contributed by atoms with E-state index in [0.29, 0.717) is 12.2 Å². The molecule has 3 unspecified atom stereocenters. The van der Waals surface area contributed by atoms with E-state index < -0.39 is 23.1 Å². The van der Waals surface area contributed by atoms with Gasteiger partial charge in [-0.2, -0.15) is 0 Å². The van der Waals surface area contributed by atoms with Crippen LogP contribution in [-0.2, 0) is 9.53 Å². The molecule has 29 heavy (non-hydrogen) atoms. The first kappa shape index (κ1) is 19.2. The molecule has 6 heteroatoms. The molecule has 150 valence electrons. The van der Waals surface area contributed by atoms with Crippen LogP contribution in [-0.4, -0.2) is 30.9 Å². The molecule has 0 amide bonds. The van der Waals surface area contributed by atoms with Crippen LogP contribution in [0.1, 0.15) is 24.2 Å². The van der Waals surface area contributed by atoms with Crippen molar-refractivity contribution in [3.63, 3.8) is 0 Å². The molecular weight excluding hydrogens is 371 g/mol. The van der Waals surface area contributed by atoms with Crippen molar-refractivity contribution in [2.75, 3.05) is 13.2 Å². The predicted molar refractivity (Wildman–Crippen MR) is 107 cm³/mol. The third-order valence-electron chi connectivity index (χ3n) is 5.64. The van der Waals surface area contributed by atoms with Crippen molar-refractivity contribution < 1.29 is 18.7 Å². The smallest absolute Gasteiger partial charge is 0.354 e. The second-order valence-electron chi connectivity index (χ2n) is 7.42. The molecule has 5 nitrogen and oxygen atoms in total. The molecule has 3 aliphatic rings. The summed E-state index contributed by atoms with van der Waals surface area (Å²) in [5.41, 5.74) is 1.20. The number of rotatable bonds is 4. The molecule has 1 aromatic carbocycles. The lowest BCUT2D eigenvalue weighted by Crippen LogP contribution is -2.36. The van der Waals surface area contributed by atoms with Crippen molar-refractivity contribution in [1.29, 1.82) is 0 Å². The second-order valence-corrected chi connectivity index (χ2v) is 7.42. The molecular formula is C23H23FN2O3. The molecule has 0 bridgehead atoms. The molecule has 1 aromatic rings. The van der Waals surface area contributed by atoms with E-state index in [0.717, 1.165) is 11.3 Å². The minimum atomic E-state index is -0.881. The largest absolute Gasteiger partial charge is 0.461 e. The average Bonchev–Trinajstić information content (AvgIpc) is 2.99. The Balaban J connectivity index is 1.88. The Kier molecular flexibility index (Phi) is 4.86. The van der Waals surface area contributed by atoms with Gasteiger partial charge in [-0.15, -0.1) is 0 Å².